The van der Waals surface area contributed by atoms with Crippen LogP contribution in [0.25, 0.3) is 0 Å². The van der Waals surface area contributed by atoms with E-state index < -0.39 is 0 Å². The van der Waals surface area contributed by atoms with Crippen molar-refractivity contribution in [2.45, 2.75) is 0 Å². The molecule has 0 radical (unpaired) electrons. The number of hydrazone groups is 1. The van der Waals surface area contributed by atoms with Crippen LogP contribution in [-0.4, -0.2) is 11.4 Å². The van der Waals surface area contributed by atoms with Crippen molar-refractivity contribution in [3.63, 3.8) is 0 Å². The second-order valence-corrected chi connectivity index (χ2v) is 3.68. The minimum atomic E-state index is 1.06. The maximum absolute atomic E-state index is 4.03. The van der Waals surface area contributed by atoms with Crippen LogP contribution < -0.4 is 10.5 Å². The van der Waals surface area contributed by atoms with Crippen LogP contribution in [0.1, 0.15) is 0 Å². The van der Waals surface area contributed by atoms with Gasteiger partial charge in [-0.1, -0.05) is 40.1 Å². The van der Waals surface area contributed by atoms with E-state index in [4.69, 9.17) is 0 Å². The Morgan fingerprint density at radius 1 is 0.938 bits per heavy atom. The quantitative estimate of drug-likeness (QED) is 0.729. The zero-order valence-corrected chi connectivity index (χ0v) is 8.80. The van der Waals surface area contributed by atoms with E-state index in [1.165, 1.54) is 0 Å². The standard InChI is InChI=1S/C13H12N3/c1-15-13-10-6-5-9-12(13)14-16(15)11-7-3-2-4-8-11/h2-10,14H,1H2/q+1. The minimum Gasteiger partial charge on any atom is -0.239 e. The summed E-state index contributed by atoms with van der Waals surface area (Å²) in [4.78, 5) is 0. The average Bonchev–Trinajstić information content (AvgIpc) is 2.69. The second-order valence-electron chi connectivity index (χ2n) is 3.68. The Morgan fingerprint density at radius 3 is 2.38 bits per heavy atom. The van der Waals surface area contributed by atoms with Gasteiger partial charge in [-0.15, -0.1) is 0 Å². The van der Waals surface area contributed by atoms with E-state index in [1.807, 2.05) is 64.4 Å². The van der Waals surface area contributed by atoms with Crippen molar-refractivity contribution in [1.82, 2.24) is 0 Å². The Hall–Kier alpha value is -2.29. The number of benzene rings is 2. The lowest BCUT2D eigenvalue weighted by Gasteiger charge is -2.11. The number of hydrazine groups is 2. The van der Waals surface area contributed by atoms with E-state index in [0.717, 1.165) is 17.1 Å². The van der Waals surface area contributed by atoms with Crippen LogP contribution in [0.15, 0.2) is 54.6 Å². The van der Waals surface area contributed by atoms with Crippen LogP contribution in [0.2, 0.25) is 0 Å². The molecule has 3 heteroatoms. The summed E-state index contributed by atoms with van der Waals surface area (Å²) in [6.45, 7) is 4.03. The Morgan fingerprint density at radius 2 is 1.62 bits per heavy atom. The first-order chi connectivity index (χ1) is 7.86. The van der Waals surface area contributed by atoms with Crippen molar-refractivity contribution >= 4 is 23.8 Å². The first-order valence-corrected chi connectivity index (χ1v) is 5.18. The summed E-state index contributed by atoms with van der Waals surface area (Å²) in [5, 5.41) is 1.92. The third-order valence-corrected chi connectivity index (χ3v) is 2.65. The molecule has 78 valence electrons. The van der Waals surface area contributed by atoms with E-state index >= 15 is 0 Å². The Bertz CT molecular complexity index is 534. The molecule has 0 saturated carbocycles. The van der Waals surface area contributed by atoms with Crippen molar-refractivity contribution in [3.8, 4) is 0 Å². The Labute approximate surface area is 94.2 Å². The number of para-hydroxylation sites is 3. The van der Waals surface area contributed by atoms with Gasteiger partial charge in [0, 0.05) is 6.07 Å². The summed E-state index contributed by atoms with van der Waals surface area (Å²) >= 11 is 0. The molecule has 0 bridgehead atoms. The van der Waals surface area contributed by atoms with Gasteiger partial charge >= 0.3 is 0 Å². The molecule has 3 nitrogen and oxygen atoms in total. The van der Waals surface area contributed by atoms with Gasteiger partial charge < -0.3 is 0 Å². The molecule has 0 atom stereocenters. The van der Waals surface area contributed by atoms with Gasteiger partial charge in [0.05, 0.1) is 0 Å². The average molecular weight is 210 g/mol. The van der Waals surface area contributed by atoms with Crippen molar-refractivity contribution in [2.24, 2.45) is 0 Å². The van der Waals surface area contributed by atoms with E-state index in [0.29, 0.717) is 0 Å². The summed E-state index contributed by atoms with van der Waals surface area (Å²) in [6, 6.07) is 18.2. The molecule has 1 N–H and O–H groups in total. The molecule has 1 aliphatic rings. The molecule has 3 rings (SSSR count). The molecule has 0 unspecified atom stereocenters. The smallest absolute Gasteiger partial charge is 0.239 e. The lowest BCUT2D eigenvalue weighted by Crippen LogP contribution is -2.30. The highest BCUT2D eigenvalue weighted by Gasteiger charge is 2.30. The number of nitrogens with one attached hydrogen (secondary N) is 1. The fourth-order valence-corrected chi connectivity index (χ4v) is 1.85. The lowest BCUT2D eigenvalue weighted by molar-refractivity contribution is -0.432. The number of hydrogen-bond donors (Lipinski definition) is 1. The molecule has 0 amide bonds. The zero-order valence-electron chi connectivity index (χ0n) is 8.80. The van der Waals surface area contributed by atoms with Crippen LogP contribution in [0, 0.1) is 0 Å². The van der Waals surface area contributed by atoms with Gasteiger partial charge in [0.15, 0.2) is 6.72 Å². The summed E-state index contributed by atoms with van der Waals surface area (Å²) in [7, 11) is 0. The fraction of sp³-hybridized carbons (Fsp3) is 0. The van der Waals surface area contributed by atoms with Crippen LogP contribution in [0.4, 0.5) is 17.1 Å². The number of nitrogens with zero attached hydrogens (tertiary/aromatic N) is 2. The van der Waals surface area contributed by atoms with Gasteiger partial charge in [0.2, 0.25) is 0 Å². The number of rotatable bonds is 1. The summed E-state index contributed by atoms with van der Waals surface area (Å²) in [6.07, 6.45) is 0. The van der Waals surface area contributed by atoms with Gasteiger partial charge in [0.25, 0.3) is 5.69 Å². The Balaban J connectivity index is 2.02. The highest BCUT2D eigenvalue weighted by atomic mass is 15.8. The van der Waals surface area contributed by atoms with Gasteiger partial charge in [-0.2, -0.15) is 0 Å². The van der Waals surface area contributed by atoms with Gasteiger partial charge in [0.1, 0.15) is 11.4 Å². The molecule has 0 aliphatic carbocycles. The molecule has 0 fully saturated rings. The third kappa shape index (κ3) is 1.26. The van der Waals surface area contributed by atoms with Crippen LogP contribution in [0.3, 0.4) is 0 Å². The molecule has 2 aromatic carbocycles. The SMILES string of the molecule is C=[N+]1c2ccccc2NN1c1ccccc1. The van der Waals surface area contributed by atoms with E-state index in [1.54, 1.807) is 0 Å². The Kier molecular flexibility index (Phi) is 1.90. The van der Waals surface area contributed by atoms with Crippen molar-refractivity contribution in [2.75, 3.05) is 10.5 Å². The van der Waals surface area contributed by atoms with Gasteiger partial charge in [-0.25, -0.2) is 5.43 Å². The predicted molar refractivity (Wildman–Crippen MR) is 66.0 cm³/mol. The number of anilines is 2. The molecule has 0 saturated heterocycles. The first-order valence-electron chi connectivity index (χ1n) is 5.18. The molecule has 2 aromatic rings. The van der Waals surface area contributed by atoms with Crippen molar-refractivity contribution in [3.05, 3.63) is 54.6 Å². The summed E-state index contributed by atoms with van der Waals surface area (Å²) in [5.41, 5.74) is 6.51. The van der Waals surface area contributed by atoms with E-state index in [2.05, 4.69) is 12.1 Å². The third-order valence-electron chi connectivity index (χ3n) is 2.65. The molecule has 0 spiro atoms. The number of fused-ring (bicyclic) bond motifs is 1. The van der Waals surface area contributed by atoms with E-state index in [-0.39, 0.29) is 0 Å². The van der Waals surface area contributed by atoms with Crippen LogP contribution in [0.5, 0.6) is 0 Å². The zero-order chi connectivity index (χ0) is 11.0. The summed E-state index contributed by atoms with van der Waals surface area (Å²) < 4.78 is 1.85. The largest absolute Gasteiger partial charge is 0.262 e. The minimum absolute atomic E-state index is 1.06. The monoisotopic (exact) mass is 210 g/mol. The fourth-order valence-electron chi connectivity index (χ4n) is 1.85. The number of hydrogen-bond acceptors (Lipinski definition) is 2. The van der Waals surface area contributed by atoms with Gasteiger partial charge in [-0.3, -0.25) is 0 Å². The highest BCUT2D eigenvalue weighted by Crippen LogP contribution is 2.33. The topological polar surface area (TPSA) is 18.3 Å². The maximum Gasteiger partial charge on any atom is 0.262 e. The van der Waals surface area contributed by atoms with E-state index in [9.17, 15) is 0 Å². The van der Waals surface area contributed by atoms with Crippen LogP contribution >= 0.6 is 0 Å². The molecule has 0 aromatic heterocycles. The normalized spacial score (nSPS) is 13.5. The van der Waals surface area contributed by atoms with Crippen molar-refractivity contribution in [1.29, 1.82) is 0 Å². The predicted octanol–water partition coefficient (Wildman–Crippen LogP) is 2.79. The summed E-state index contributed by atoms with van der Waals surface area (Å²) in [5.74, 6) is 0. The van der Waals surface area contributed by atoms with Crippen LogP contribution in [-0.2, 0) is 0 Å². The van der Waals surface area contributed by atoms with Crippen molar-refractivity contribution < 1.29 is 4.68 Å². The molecule has 16 heavy (non-hydrogen) atoms. The lowest BCUT2D eigenvalue weighted by atomic mass is 10.3. The molecule has 1 aliphatic heterocycles. The highest BCUT2D eigenvalue weighted by molar-refractivity contribution is 5.69. The molecular formula is C13H12N3+. The van der Waals surface area contributed by atoms with Gasteiger partial charge in [-0.05, 0) is 18.2 Å². The molecular weight excluding hydrogens is 198 g/mol. The first kappa shape index (κ1) is 8.97. The maximum atomic E-state index is 4.03. The molecule has 1 heterocycles. The second kappa shape index (κ2) is 3.38.